The molecule has 4 atom stereocenters. The molecular weight excluding hydrogens is 993 g/mol. The van der Waals surface area contributed by atoms with Gasteiger partial charge in [0.2, 0.25) is 0 Å². The molecule has 0 radical (unpaired) electrons. The molecule has 380 valence electrons. The lowest BCUT2D eigenvalue weighted by Crippen LogP contribution is -2.41. The van der Waals surface area contributed by atoms with Crippen LogP contribution in [0.25, 0.3) is 0 Å². The number of amides is 4. The number of aromatic nitrogens is 4. The first-order chi connectivity index (χ1) is 37.1. The van der Waals surface area contributed by atoms with Crippen LogP contribution < -0.4 is 42.5 Å². The molecule has 0 saturated heterocycles. The van der Waals surface area contributed by atoms with Gasteiger partial charge in [-0.3, -0.25) is 19.2 Å². The van der Waals surface area contributed by atoms with Gasteiger partial charge in [0.05, 0.1) is 73.1 Å². The lowest BCUT2D eigenvalue weighted by Gasteiger charge is -2.30. The van der Waals surface area contributed by atoms with Crippen molar-refractivity contribution in [2.75, 3.05) is 0 Å². The molecule has 5 heterocycles. The SMILES string of the molecule is O=C1NC(c2ccccc2)[C@@H](c2ccccc2)NC(=O)c2cccc(n2)CNC(=S)NCc2cccc(n2)C(=O)NC(c2ccccc2)[C@@H](c2ccccc2)NC(=O)c2cccc(n2)CNC(=S)NCc2cccc1n2. The first-order valence-electron chi connectivity index (χ1n) is 24.4. The highest BCUT2D eigenvalue weighted by Crippen LogP contribution is 2.32. The van der Waals surface area contributed by atoms with Gasteiger partial charge in [0.1, 0.15) is 22.8 Å². The number of fused-ring (bicyclic) bond motifs is 8. The molecule has 4 amide bonds. The summed E-state index contributed by atoms with van der Waals surface area (Å²) in [6.07, 6.45) is 0. The molecule has 8 bridgehead atoms. The minimum atomic E-state index is -0.754. The molecule has 2 unspecified atom stereocenters. The van der Waals surface area contributed by atoms with E-state index < -0.39 is 47.8 Å². The molecule has 18 heteroatoms. The molecule has 0 saturated carbocycles. The van der Waals surface area contributed by atoms with Crippen LogP contribution in [0.1, 0.15) is 111 Å². The Bertz CT molecular complexity index is 2900. The van der Waals surface area contributed by atoms with Crippen molar-refractivity contribution in [1.82, 2.24) is 62.5 Å². The molecule has 0 aliphatic carbocycles. The van der Waals surface area contributed by atoms with Crippen molar-refractivity contribution in [1.29, 1.82) is 0 Å². The topological polar surface area (TPSA) is 216 Å². The van der Waals surface area contributed by atoms with E-state index >= 15 is 0 Å². The van der Waals surface area contributed by atoms with Gasteiger partial charge in [0.15, 0.2) is 10.2 Å². The van der Waals surface area contributed by atoms with Gasteiger partial charge >= 0.3 is 0 Å². The quantitative estimate of drug-likeness (QED) is 0.0820. The van der Waals surface area contributed by atoms with E-state index in [9.17, 15) is 19.2 Å². The zero-order valence-electron chi connectivity index (χ0n) is 40.9. The van der Waals surface area contributed by atoms with E-state index in [0.717, 1.165) is 22.3 Å². The molecule has 0 fully saturated rings. The highest BCUT2D eigenvalue weighted by molar-refractivity contribution is 7.80. The van der Waals surface area contributed by atoms with E-state index in [0.29, 0.717) is 22.8 Å². The molecule has 8 aromatic rings. The Hall–Kier alpha value is -9.26. The maximum Gasteiger partial charge on any atom is 0.270 e. The highest BCUT2D eigenvalue weighted by atomic mass is 32.1. The third kappa shape index (κ3) is 13.7. The minimum Gasteiger partial charge on any atom is -0.357 e. The second-order valence-corrected chi connectivity index (χ2v) is 18.4. The Morgan fingerprint density at radius 2 is 0.500 bits per heavy atom. The van der Waals surface area contributed by atoms with Crippen LogP contribution in [-0.2, 0) is 26.2 Å². The second kappa shape index (κ2) is 25.1. The number of thiocarbonyl (C=S) groups is 2. The number of hydrogen-bond donors (Lipinski definition) is 8. The van der Waals surface area contributed by atoms with Crippen molar-refractivity contribution in [3.8, 4) is 0 Å². The fraction of sp³-hybridized carbons (Fsp3) is 0.138. The summed E-state index contributed by atoms with van der Waals surface area (Å²) in [5.41, 5.74) is 5.73. The zero-order chi connectivity index (χ0) is 52.6. The summed E-state index contributed by atoms with van der Waals surface area (Å²) in [7, 11) is 0. The Labute approximate surface area is 450 Å². The maximum atomic E-state index is 14.3. The summed E-state index contributed by atoms with van der Waals surface area (Å²) in [6, 6.07) is 55.1. The molecule has 76 heavy (non-hydrogen) atoms. The van der Waals surface area contributed by atoms with Crippen molar-refractivity contribution in [3.05, 3.63) is 262 Å². The first-order valence-corrected chi connectivity index (χ1v) is 25.3. The first kappa shape index (κ1) is 51.6. The van der Waals surface area contributed by atoms with Gasteiger partial charge in [-0.15, -0.1) is 0 Å². The van der Waals surface area contributed by atoms with Gasteiger partial charge < -0.3 is 42.5 Å². The Morgan fingerprint density at radius 1 is 0.289 bits per heavy atom. The molecule has 9 rings (SSSR count). The van der Waals surface area contributed by atoms with Crippen molar-refractivity contribution in [3.63, 3.8) is 0 Å². The normalized spacial score (nSPS) is 18.3. The lowest BCUT2D eigenvalue weighted by atomic mass is 9.92. The zero-order valence-corrected chi connectivity index (χ0v) is 42.5. The average Bonchev–Trinajstić information content (AvgIpc) is 3.47. The van der Waals surface area contributed by atoms with Gasteiger partial charge in [0.25, 0.3) is 23.6 Å². The van der Waals surface area contributed by atoms with Crippen LogP contribution in [0.3, 0.4) is 0 Å². The number of benzene rings is 4. The van der Waals surface area contributed by atoms with Crippen LogP contribution in [-0.4, -0.2) is 53.8 Å². The number of nitrogens with one attached hydrogen (secondary N) is 8. The Morgan fingerprint density at radius 3 is 0.711 bits per heavy atom. The molecule has 0 spiro atoms. The van der Waals surface area contributed by atoms with E-state index in [-0.39, 0.29) is 59.2 Å². The van der Waals surface area contributed by atoms with E-state index in [4.69, 9.17) is 24.4 Å². The van der Waals surface area contributed by atoms with Crippen molar-refractivity contribution < 1.29 is 19.2 Å². The fourth-order valence-corrected chi connectivity index (χ4v) is 8.85. The van der Waals surface area contributed by atoms with E-state index in [2.05, 4.69) is 62.5 Å². The third-order valence-electron chi connectivity index (χ3n) is 12.3. The predicted molar refractivity (Wildman–Crippen MR) is 296 cm³/mol. The third-order valence-corrected chi connectivity index (χ3v) is 12.9. The van der Waals surface area contributed by atoms with Crippen molar-refractivity contribution in [2.24, 2.45) is 0 Å². The number of carbonyl (C=O) groups is 4. The van der Waals surface area contributed by atoms with Crippen LogP contribution in [0.4, 0.5) is 0 Å². The molecule has 1 aliphatic heterocycles. The van der Waals surface area contributed by atoms with Crippen LogP contribution in [0.5, 0.6) is 0 Å². The molecule has 4 aromatic carbocycles. The van der Waals surface area contributed by atoms with Crippen LogP contribution in [0, 0.1) is 0 Å². The largest absolute Gasteiger partial charge is 0.357 e. The minimum absolute atomic E-state index is 0.153. The number of carbonyl (C=O) groups excluding carboxylic acids is 4. The van der Waals surface area contributed by atoms with Crippen LogP contribution >= 0.6 is 24.4 Å². The Balaban J connectivity index is 1.01. The summed E-state index contributed by atoms with van der Waals surface area (Å²) < 4.78 is 0. The van der Waals surface area contributed by atoms with Gasteiger partial charge in [-0.2, -0.15) is 0 Å². The molecular formula is C58H52N12O4S2. The Kier molecular flexibility index (Phi) is 17.1. The van der Waals surface area contributed by atoms with Crippen LogP contribution in [0.15, 0.2) is 194 Å². The highest BCUT2D eigenvalue weighted by Gasteiger charge is 2.31. The van der Waals surface area contributed by atoms with E-state index in [1.807, 2.05) is 121 Å². The monoisotopic (exact) mass is 1040 g/mol. The summed E-state index contributed by atoms with van der Waals surface area (Å²) in [4.78, 5) is 75.8. The smallest absolute Gasteiger partial charge is 0.270 e. The molecule has 16 nitrogen and oxygen atoms in total. The molecule has 1 aliphatic rings. The lowest BCUT2D eigenvalue weighted by molar-refractivity contribution is 0.0876. The van der Waals surface area contributed by atoms with Crippen molar-refractivity contribution >= 4 is 58.3 Å². The van der Waals surface area contributed by atoms with Gasteiger partial charge in [-0.1, -0.05) is 146 Å². The summed E-state index contributed by atoms with van der Waals surface area (Å²) in [5.74, 6) is -1.86. The molecule has 4 aromatic heterocycles. The number of hydrogen-bond acceptors (Lipinski definition) is 10. The number of nitrogens with zero attached hydrogens (tertiary/aromatic N) is 4. The average molecular weight is 1050 g/mol. The van der Waals surface area contributed by atoms with Crippen molar-refractivity contribution in [2.45, 2.75) is 50.3 Å². The standard InChI is InChI=1S/C58H52N12O4S2/c71-53-45-29-13-25-41(63-45)33-59-57(75)61-35-43-27-15-31-47(65-43)55(73)69-51(39-21-9-3-10-22-39)52(40-23-11-4-12-24-40)70-56(74)48-32-16-28-44(66-48)36-62-58(76)60-34-42-26-14-30-46(64-42)54(72)68-50(38-19-7-2-8-20-38)49(67-53)37-17-5-1-6-18-37/h1-32,49-52H,33-36H2,(H,67,71)(H,68,72)(H,69,73)(H,70,74)(H2,59,61,75)(H2,60,62,76)/t49-,50?,51?,52-/m1/s1. The predicted octanol–water partition coefficient (Wildman–Crippen LogP) is 7.19. The van der Waals surface area contributed by atoms with Gasteiger partial charge in [-0.05, 0) is 95.2 Å². The maximum absolute atomic E-state index is 14.3. The molecule has 8 N–H and O–H groups in total. The van der Waals surface area contributed by atoms with Crippen LogP contribution in [0.2, 0.25) is 0 Å². The van der Waals surface area contributed by atoms with Gasteiger partial charge in [-0.25, -0.2) is 19.9 Å². The fourth-order valence-electron chi connectivity index (χ4n) is 8.57. The summed E-state index contributed by atoms with van der Waals surface area (Å²) in [5, 5.41) is 25.9. The van der Waals surface area contributed by atoms with Gasteiger partial charge in [0, 0.05) is 0 Å². The summed E-state index contributed by atoms with van der Waals surface area (Å²) in [6.45, 7) is 0.718. The number of rotatable bonds is 4. The second-order valence-electron chi connectivity index (χ2n) is 17.6. The summed E-state index contributed by atoms with van der Waals surface area (Å²) >= 11 is 11.3. The van der Waals surface area contributed by atoms with E-state index in [1.54, 1.807) is 72.8 Å². The van der Waals surface area contributed by atoms with E-state index in [1.165, 1.54) is 0 Å². The number of pyridine rings is 4.